The maximum Gasteiger partial charge on any atom is 0.137 e. The van der Waals surface area contributed by atoms with Gasteiger partial charge in [-0.05, 0) is 46.7 Å². The van der Waals surface area contributed by atoms with Gasteiger partial charge in [0.15, 0.2) is 0 Å². The molecule has 0 aliphatic carbocycles. The van der Waals surface area contributed by atoms with Crippen LogP contribution in [0.3, 0.4) is 0 Å². The zero-order valence-electron chi connectivity index (χ0n) is 12.9. The van der Waals surface area contributed by atoms with Gasteiger partial charge in [0.25, 0.3) is 0 Å². The highest BCUT2D eigenvalue weighted by Gasteiger charge is 2.21. The number of anilines is 1. The van der Waals surface area contributed by atoms with Crippen molar-refractivity contribution in [1.82, 2.24) is 15.0 Å². The Bertz CT molecular complexity index is 653. The van der Waals surface area contributed by atoms with Gasteiger partial charge >= 0.3 is 0 Å². The Hall–Kier alpha value is -1.14. The van der Waals surface area contributed by atoms with Crippen LogP contribution in [0.15, 0.2) is 32.9 Å². The van der Waals surface area contributed by atoms with E-state index in [0.717, 1.165) is 31.7 Å². The largest absolute Gasteiger partial charge is 0.373 e. The van der Waals surface area contributed by atoms with Gasteiger partial charge in [-0.25, -0.2) is 15.0 Å². The molecule has 0 spiro atoms. The van der Waals surface area contributed by atoms with Crippen molar-refractivity contribution in [1.29, 1.82) is 0 Å². The van der Waals surface area contributed by atoms with Gasteiger partial charge in [0.05, 0.1) is 4.47 Å². The first kappa shape index (κ1) is 16.2. The van der Waals surface area contributed by atoms with E-state index in [1.807, 2.05) is 26.1 Å². The molecule has 0 unspecified atom stereocenters. The summed E-state index contributed by atoms with van der Waals surface area (Å²) in [6.45, 7) is 8.37. The van der Waals surface area contributed by atoms with Crippen molar-refractivity contribution in [2.45, 2.75) is 43.2 Å². The molecule has 0 aliphatic rings. The van der Waals surface area contributed by atoms with Crippen LogP contribution >= 0.6 is 27.7 Å². The lowest BCUT2D eigenvalue weighted by atomic mass is 9.95. The monoisotopic (exact) mass is 366 g/mol. The lowest BCUT2D eigenvalue weighted by molar-refractivity contribution is 0.538. The van der Waals surface area contributed by atoms with Gasteiger partial charge in [0.2, 0.25) is 0 Å². The summed E-state index contributed by atoms with van der Waals surface area (Å²) in [7, 11) is 1.88. The van der Waals surface area contributed by atoms with E-state index in [-0.39, 0.29) is 5.41 Å². The number of aromatic nitrogens is 3. The fraction of sp³-hybridized carbons (Fsp3) is 0.400. The molecule has 2 rings (SSSR count). The van der Waals surface area contributed by atoms with Crippen LogP contribution in [0.5, 0.6) is 0 Å². The molecule has 4 nitrogen and oxygen atoms in total. The molecule has 112 valence electrons. The summed E-state index contributed by atoms with van der Waals surface area (Å²) < 4.78 is 0.969. The fourth-order valence-corrected chi connectivity index (χ4v) is 3.05. The van der Waals surface area contributed by atoms with Crippen LogP contribution in [-0.2, 0) is 5.41 Å². The molecule has 0 aliphatic heterocycles. The van der Waals surface area contributed by atoms with Crippen molar-refractivity contribution in [2.24, 2.45) is 0 Å². The van der Waals surface area contributed by atoms with Crippen molar-refractivity contribution >= 4 is 33.5 Å². The molecule has 21 heavy (non-hydrogen) atoms. The van der Waals surface area contributed by atoms with Crippen molar-refractivity contribution < 1.29 is 0 Å². The fourth-order valence-electron chi connectivity index (χ4n) is 1.71. The molecule has 0 saturated carbocycles. The Kier molecular flexibility index (Phi) is 4.88. The average molecular weight is 367 g/mol. The molecule has 0 radical (unpaired) electrons. The van der Waals surface area contributed by atoms with Gasteiger partial charge in [0.1, 0.15) is 21.7 Å². The summed E-state index contributed by atoms with van der Waals surface area (Å²) in [4.78, 5) is 13.8. The predicted octanol–water partition coefficient (Wildman–Crippen LogP) is 4.43. The summed E-state index contributed by atoms with van der Waals surface area (Å²) in [5, 5.41) is 4.99. The van der Waals surface area contributed by atoms with E-state index < -0.39 is 0 Å². The molecule has 0 saturated heterocycles. The number of rotatable bonds is 3. The predicted molar refractivity (Wildman–Crippen MR) is 91.1 cm³/mol. The molecule has 0 atom stereocenters. The number of nitrogens with one attached hydrogen (secondary N) is 1. The molecule has 2 aromatic rings. The van der Waals surface area contributed by atoms with Gasteiger partial charge in [-0.2, -0.15) is 0 Å². The zero-order valence-corrected chi connectivity index (χ0v) is 15.3. The van der Waals surface area contributed by atoms with E-state index in [9.17, 15) is 0 Å². The third kappa shape index (κ3) is 3.74. The van der Waals surface area contributed by atoms with Gasteiger partial charge in [0, 0.05) is 24.2 Å². The number of halogens is 1. The Labute approximate surface area is 138 Å². The van der Waals surface area contributed by atoms with E-state index in [2.05, 4.69) is 52.0 Å². The lowest BCUT2D eigenvalue weighted by Gasteiger charge is -2.20. The van der Waals surface area contributed by atoms with E-state index >= 15 is 0 Å². The first-order valence-electron chi connectivity index (χ1n) is 6.68. The third-order valence-corrected chi connectivity index (χ3v) is 4.94. The average Bonchev–Trinajstić information content (AvgIpc) is 2.42. The maximum absolute atomic E-state index is 4.74. The molecule has 2 aromatic heterocycles. The Morgan fingerprint density at radius 1 is 1.19 bits per heavy atom. The maximum atomic E-state index is 4.74. The third-order valence-electron chi connectivity index (χ3n) is 2.93. The van der Waals surface area contributed by atoms with E-state index in [1.165, 1.54) is 0 Å². The molecule has 0 amide bonds. The van der Waals surface area contributed by atoms with Gasteiger partial charge in [-0.15, -0.1) is 0 Å². The van der Waals surface area contributed by atoms with E-state index in [0.29, 0.717) is 0 Å². The van der Waals surface area contributed by atoms with Gasteiger partial charge in [-0.3, -0.25) is 0 Å². The molecule has 2 heterocycles. The van der Waals surface area contributed by atoms with E-state index in [4.69, 9.17) is 4.98 Å². The van der Waals surface area contributed by atoms with Crippen molar-refractivity contribution in [3.63, 3.8) is 0 Å². The molecule has 0 fully saturated rings. The highest BCUT2D eigenvalue weighted by atomic mass is 79.9. The number of hydrogen-bond donors (Lipinski definition) is 1. The van der Waals surface area contributed by atoms with Crippen molar-refractivity contribution in [3.8, 4) is 0 Å². The highest BCUT2D eigenvalue weighted by molar-refractivity contribution is 9.10. The second-order valence-electron chi connectivity index (χ2n) is 5.72. The summed E-state index contributed by atoms with van der Waals surface area (Å²) in [5.41, 5.74) is 0.934. The Morgan fingerprint density at radius 2 is 1.90 bits per heavy atom. The second kappa shape index (κ2) is 6.32. The van der Waals surface area contributed by atoms with Crippen LogP contribution in [0.2, 0.25) is 0 Å². The van der Waals surface area contributed by atoms with Crippen molar-refractivity contribution in [2.75, 3.05) is 12.4 Å². The van der Waals surface area contributed by atoms with Crippen LogP contribution in [0.4, 0.5) is 5.82 Å². The second-order valence-corrected chi connectivity index (χ2v) is 7.55. The summed E-state index contributed by atoms with van der Waals surface area (Å²) >= 11 is 5.08. The molecule has 0 bridgehead atoms. The standard InChI is InChI=1S/C15H19BrN4S/c1-9-11(17-5)19-14(15(2,3)4)20-12(9)21-13-10(16)7-6-8-18-13/h6-8H,1-5H3,(H,17,19,20). The Balaban J connectivity index is 2.50. The minimum Gasteiger partial charge on any atom is -0.373 e. The topological polar surface area (TPSA) is 50.7 Å². The summed E-state index contributed by atoms with van der Waals surface area (Å²) in [6, 6.07) is 3.89. The number of hydrogen-bond acceptors (Lipinski definition) is 5. The SMILES string of the molecule is CNc1nc(C(C)(C)C)nc(Sc2ncccc2Br)c1C. The summed E-state index contributed by atoms with van der Waals surface area (Å²) in [5.74, 6) is 1.69. The smallest absolute Gasteiger partial charge is 0.137 e. The van der Waals surface area contributed by atoms with Crippen molar-refractivity contribution in [3.05, 3.63) is 34.2 Å². The number of pyridine rings is 1. The minimum atomic E-state index is -0.101. The normalized spacial score (nSPS) is 11.5. The van der Waals surface area contributed by atoms with Crippen LogP contribution in [0.25, 0.3) is 0 Å². The quantitative estimate of drug-likeness (QED) is 0.814. The lowest BCUT2D eigenvalue weighted by Crippen LogP contribution is -2.18. The molecule has 1 N–H and O–H groups in total. The van der Waals surface area contributed by atoms with Gasteiger partial charge in [-0.1, -0.05) is 20.8 Å². The zero-order chi connectivity index (χ0) is 15.6. The van der Waals surface area contributed by atoms with Crippen LogP contribution < -0.4 is 5.32 Å². The molecular formula is C15H19BrN4S. The minimum absolute atomic E-state index is 0.101. The van der Waals surface area contributed by atoms with Gasteiger partial charge < -0.3 is 5.32 Å². The first-order valence-corrected chi connectivity index (χ1v) is 8.29. The number of nitrogens with zero attached hydrogens (tertiary/aromatic N) is 3. The molecular weight excluding hydrogens is 348 g/mol. The highest BCUT2D eigenvalue weighted by Crippen LogP contribution is 2.35. The van der Waals surface area contributed by atoms with Crippen LogP contribution in [0.1, 0.15) is 32.2 Å². The molecule has 0 aromatic carbocycles. The molecule has 6 heteroatoms. The van der Waals surface area contributed by atoms with Crippen LogP contribution in [-0.4, -0.2) is 22.0 Å². The van der Waals surface area contributed by atoms with E-state index in [1.54, 1.807) is 18.0 Å². The summed E-state index contributed by atoms with van der Waals surface area (Å²) in [6.07, 6.45) is 1.78. The Morgan fingerprint density at radius 3 is 2.48 bits per heavy atom. The van der Waals surface area contributed by atoms with Crippen LogP contribution in [0, 0.1) is 6.92 Å². The first-order chi connectivity index (χ1) is 9.82.